The molecule has 0 aliphatic heterocycles. The first-order chi connectivity index (χ1) is 18.8. The molecular formula is C29H58NO8P. The monoisotopic (exact) mass is 579 g/mol. The van der Waals surface area contributed by atoms with Crippen LogP contribution in [0.3, 0.4) is 0 Å². The fourth-order valence-electron chi connectivity index (χ4n) is 4.28. The van der Waals surface area contributed by atoms with Crippen LogP contribution in [0.2, 0.25) is 0 Å². The molecular weight excluding hydrogens is 521 g/mol. The molecule has 0 spiro atoms. The molecule has 0 saturated heterocycles. The van der Waals surface area contributed by atoms with E-state index in [1.165, 1.54) is 110 Å². The van der Waals surface area contributed by atoms with Crippen molar-refractivity contribution in [1.82, 2.24) is 5.32 Å². The molecule has 0 saturated carbocycles. The summed E-state index contributed by atoms with van der Waals surface area (Å²) in [5.41, 5.74) is 0. The first-order valence-electron chi connectivity index (χ1n) is 15.5. The number of nitrogens with one attached hydrogen (secondary N) is 1. The van der Waals surface area contributed by atoms with Crippen molar-refractivity contribution in [1.29, 1.82) is 0 Å². The molecule has 0 aliphatic carbocycles. The van der Waals surface area contributed by atoms with Gasteiger partial charge in [0.1, 0.15) is 12.7 Å². The number of ether oxygens (including phenoxy) is 1. The van der Waals surface area contributed by atoms with Crippen molar-refractivity contribution in [3.63, 3.8) is 0 Å². The van der Waals surface area contributed by atoms with Gasteiger partial charge in [-0.25, -0.2) is 4.57 Å². The third kappa shape index (κ3) is 29.8. The average Bonchev–Trinajstić information content (AvgIpc) is 2.90. The number of carbonyl (C=O) groups excluding carboxylic acids is 2. The van der Waals surface area contributed by atoms with Gasteiger partial charge in [-0.2, -0.15) is 0 Å². The summed E-state index contributed by atoms with van der Waals surface area (Å²) in [5.74, 6) is -0.690. The molecule has 2 unspecified atom stereocenters. The van der Waals surface area contributed by atoms with Gasteiger partial charge in [-0.15, -0.1) is 0 Å². The Kier molecular flexibility index (Phi) is 26.5. The van der Waals surface area contributed by atoms with Gasteiger partial charge in [-0.3, -0.25) is 18.6 Å². The van der Waals surface area contributed by atoms with E-state index in [-0.39, 0.29) is 25.7 Å². The van der Waals surface area contributed by atoms with Gasteiger partial charge in [0.25, 0.3) is 0 Å². The van der Waals surface area contributed by atoms with Gasteiger partial charge in [-0.05, 0) is 6.42 Å². The second-order valence-electron chi connectivity index (χ2n) is 10.5. The van der Waals surface area contributed by atoms with E-state index in [0.29, 0.717) is 6.42 Å². The standard InChI is InChI=1S/C29H58NO8P/c1-3-4-5-6-7-8-9-10-11-12-13-14-15-16-17-18-19-20-21-22-29(33)30-23-24-37-39(34,35)38-26-28(32)25-36-27(2)31/h28,32H,3-26H2,1-2H3,(H,30,33)(H,34,35). The van der Waals surface area contributed by atoms with Crippen LogP contribution in [0.5, 0.6) is 0 Å². The maximum absolute atomic E-state index is 11.9. The zero-order chi connectivity index (χ0) is 29.0. The second kappa shape index (κ2) is 27.2. The summed E-state index contributed by atoms with van der Waals surface area (Å²) in [7, 11) is -4.36. The first-order valence-corrected chi connectivity index (χ1v) is 17.0. The third-order valence-corrected chi connectivity index (χ3v) is 7.58. The van der Waals surface area contributed by atoms with E-state index in [0.717, 1.165) is 19.3 Å². The Labute approximate surface area is 237 Å². The number of hydrogen-bond donors (Lipinski definition) is 3. The molecule has 39 heavy (non-hydrogen) atoms. The predicted molar refractivity (Wildman–Crippen MR) is 155 cm³/mol. The Morgan fingerprint density at radius 3 is 1.59 bits per heavy atom. The normalized spacial score (nSPS) is 13.6. The number of unbranched alkanes of at least 4 members (excludes halogenated alkanes) is 18. The fraction of sp³-hybridized carbons (Fsp3) is 0.931. The molecule has 0 rings (SSSR count). The molecule has 0 bridgehead atoms. The minimum atomic E-state index is -4.36. The van der Waals surface area contributed by atoms with E-state index < -0.39 is 26.5 Å². The lowest BCUT2D eigenvalue weighted by molar-refractivity contribution is -0.144. The van der Waals surface area contributed by atoms with Crippen LogP contribution in [0.4, 0.5) is 0 Å². The molecule has 0 aromatic heterocycles. The van der Waals surface area contributed by atoms with E-state index in [2.05, 4.69) is 21.5 Å². The molecule has 0 aromatic rings. The number of carbonyl (C=O) groups is 2. The number of amides is 1. The SMILES string of the molecule is CCCCCCCCCCCCCCCCCCCCCC(=O)NCCOP(=O)(O)OCC(O)COC(C)=O. The quantitative estimate of drug-likeness (QED) is 0.0491. The summed E-state index contributed by atoms with van der Waals surface area (Å²) in [6, 6.07) is 0. The number of rotatable bonds is 29. The van der Waals surface area contributed by atoms with Crippen molar-refractivity contribution >= 4 is 19.7 Å². The van der Waals surface area contributed by atoms with Gasteiger partial charge in [0, 0.05) is 19.9 Å². The van der Waals surface area contributed by atoms with E-state index in [1.54, 1.807) is 0 Å². The maximum atomic E-state index is 11.9. The second-order valence-corrected chi connectivity index (χ2v) is 12.0. The van der Waals surface area contributed by atoms with E-state index in [4.69, 9.17) is 4.52 Å². The lowest BCUT2D eigenvalue weighted by Gasteiger charge is -2.15. The molecule has 3 N–H and O–H groups in total. The Bertz CT molecular complexity index is 634. The molecule has 1 amide bonds. The molecule has 0 radical (unpaired) electrons. The molecule has 0 fully saturated rings. The van der Waals surface area contributed by atoms with Crippen LogP contribution in [0.15, 0.2) is 0 Å². The van der Waals surface area contributed by atoms with Crippen molar-refractivity contribution in [2.45, 2.75) is 148 Å². The maximum Gasteiger partial charge on any atom is 0.472 e. The van der Waals surface area contributed by atoms with Crippen LogP contribution < -0.4 is 5.32 Å². The van der Waals surface area contributed by atoms with Crippen LogP contribution >= 0.6 is 7.82 Å². The van der Waals surface area contributed by atoms with Gasteiger partial charge in [-0.1, -0.05) is 122 Å². The van der Waals surface area contributed by atoms with Crippen molar-refractivity contribution in [3.8, 4) is 0 Å². The highest BCUT2D eigenvalue weighted by Gasteiger charge is 2.23. The largest absolute Gasteiger partial charge is 0.472 e. The van der Waals surface area contributed by atoms with E-state index in [1.807, 2.05) is 0 Å². The molecule has 0 aliphatic rings. The average molecular weight is 580 g/mol. The minimum absolute atomic E-state index is 0.0852. The van der Waals surface area contributed by atoms with Crippen LogP contribution in [0.1, 0.15) is 142 Å². The molecule has 0 aromatic carbocycles. The zero-order valence-corrected chi connectivity index (χ0v) is 25.7. The Morgan fingerprint density at radius 2 is 1.15 bits per heavy atom. The van der Waals surface area contributed by atoms with Crippen molar-refractivity contribution in [2.75, 3.05) is 26.4 Å². The topological polar surface area (TPSA) is 131 Å². The van der Waals surface area contributed by atoms with Crippen molar-refractivity contribution in [3.05, 3.63) is 0 Å². The third-order valence-electron chi connectivity index (χ3n) is 6.60. The number of hydrogen-bond acceptors (Lipinski definition) is 7. The zero-order valence-electron chi connectivity index (χ0n) is 24.8. The van der Waals surface area contributed by atoms with Gasteiger partial charge in [0.2, 0.25) is 5.91 Å². The molecule has 10 heteroatoms. The van der Waals surface area contributed by atoms with Crippen LogP contribution in [0.25, 0.3) is 0 Å². The van der Waals surface area contributed by atoms with E-state index in [9.17, 15) is 24.2 Å². The highest BCUT2D eigenvalue weighted by molar-refractivity contribution is 7.47. The lowest BCUT2D eigenvalue weighted by atomic mass is 10.0. The van der Waals surface area contributed by atoms with Crippen molar-refractivity contribution < 1.29 is 37.9 Å². The van der Waals surface area contributed by atoms with Crippen molar-refractivity contribution in [2.24, 2.45) is 0 Å². The van der Waals surface area contributed by atoms with Gasteiger partial charge in [0.05, 0.1) is 13.2 Å². The molecule has 2 atom stereocenters. The predicted octanol–water partition coefficient (Wildman–Crippen LogP) is 6.98. The number of aliphatic hydroxyl groups excluding tert-OH is 1. The highest BCUT2D eigenvalue weighted by Crippen LogP contribution is 2.42. The van der Waals surface area contributed by atoms with Crippen LogP contribution in [-0.4, -0.2) is 54.3 Å². The summed E-state index contributed by atoms with van der Waals surface area (Å²) in [6.45, 7) is 2.48. The summed E-state index contributed by atoms with van der Waals surface area (Å²) in [4.78, 5) is 32.1. The Balaban J connectivity index is 3.40. The number of phosphoric ester groups is 1. The molecule has 232 valence electrons. The van der Waals surface area contributed by atoms with Crippen LogP contribution in [0, 0.1) is 0 Å². The molecule has 0 heterocycles. The summed E-state index contributed by atoms with van der Waals surface area (Å²) < 4.78 is 25.7. The Hall–Kier alpha value is -0.990. The van der Waals surface area contributed by atoms with Gasteiger partial charge in [0.15, 0.2) is 0 Å². The number of phosphoric acid groups is 1. The Morgan fingerprint density at radius 1 is 0.718 bits per heavy atom. The van der Waals surface area contributed by atoms with Gasteiger partial charge < -0.3 is 20.1 Å². The first kappa shape index (κ1) is 38.0. The smallest absolute Gasteiger partial charge is 0.463 e. The summed E-state index contributed by atoms with van der Waals surface area (Å²) in [6.07, 6.45) is 24.1. The number of aliphatic hydroxyl groups is 1. The summed E-state index contributed by atoms with van der Waals surface area (Å²) >= 11 is 0. The molecule has 9 nitrogen and oxygen atoms in total. The van der Waals surface area contributed by atoms with Gasteiger partial charge >= 0.3 is 13.8 Å². The minimum Gasteiger partial charge on any atom is -0.463 e. The lowest BCUT2D eigenvalue weighted by Crippen LogP contribution is -2.27. The highest BCUT2D eigenvalue weighted by atomic mass is 31.2. The van der Waals surface area contributed by atoms with Crippen LogP contribution in [-0.2, 0) is 27.9 Å². The van der Waals surface area contributed by atoms with E-state index >= 15 is 0 Å². The summed E-state index contributed by atoms with van der Waals surface area (Å²) in [5, 5.41) is 12.2. The number of esters is 1. The fourth-order valence-corrected chi connectivity index (χ4v) is 5.04.